The second kappa shape index (κ2) is 8.95. The van der Waals surface area contributed by atoms with Gasteiger partial charge >= 0.3 is 5.97 Å². The van der Waals surface area contributed by atoms with Crippen molar-refractivity contribution in [1.29, 1.82) is 0 Å². The van der Waals surface area contributed by atoms with Gasteiger partial charge in [0, 0.05) is 27.0 Å². The standard InChI is InChI=1S/C15H23NO5S/c1-5-7-12(18)16-9-6-8-11(14(16)19)13(21-10(2)17)15(20-3)22-4/h5,11,13,15H,1,6-9H2,2-4H3. The Kier molecular flexibility index (Phi) is 7.61. The smallest absolute Gasteiger partial charge is 0.303 e. The first kappa shape index (κ1) is 18.7. The summed E-state index contributed by atoms with van der Waals surface area (Å²) in [6.07, 6.45) is 3.95. The first-order valence-corrected chi connectivity index (χ1v) is 8.43. The molecule has 1 rings (SSSR count). The van der Waals surface area contributed by atoms with Crippen LogP contribution in [0.5, 0.6) is 0 Å². The Labute approximate surface area is 135 Å². The van der Waals surface area contributed by atoms with Crippen molar-refractivity contribution in [1.82, 2.24) is 4.90 Å². The molecule has 124 valence electrons. The highest BCUT2D eigenvalue weighted by atomic mass is 32.2. The van der Waals surface area contributed by atoms with Crippen LogP contribution in [0, 0.1) is 5.92 Å². The van der Waals surface area contributed by atoms with Crippen LogP contribution < -0.4 is 0 Å². The highest BCUT2D eigenvalue weighted by Gasteiger charge is 2.42. The highest BCUT2D eigenvalue weighted by Crippen LogP contribution is 2.30. The minimum absolute atomic E-state index is 0.118. The highest BCUT2D eigenvalue weighted by molar-refractivity contribution is 7.99. The van der Waals surface area contributed by atoms with Crippen LogP contribution in [0.3, 0.4) is 0 Å². The predicted molar refractivity (Wildman–Crippen MR) is 84.1 cm³/mol. The van der Waals surface area contributed by atoms with Crippen molar-refractivity contribution in [3.8, 4) is 0 Å². The van der Waals surface area contributed by atoms with Gasteiger partial charge in [0.15, 0.2) is 0 Å². The van der Waals surface area contributed by atoms with Crippen molar-refractivity contribution in [2.45, 2.75) is 37.7 Å². The van der Waals surface area contributed by atoms with Gasteiger partial charge in [0.05, 0.1) is 5.92 Å². The first-order chi connectivity index (χ1) is 10.5. The number of methoxy groups -OCH3 is 1. The van der Waals surface area contributed by atoms with E-state index in [1.165, 1.54) is 36.8 Å². The summed E-state index contributed by atoms with van der Waals surface area (Å²) >= 11 is 1.36. The minimum atomic E-state index is -0.704. The number of likely N-dealkylation sites (tertiary alicyclic amines) is 1. The number of piperidine rings is 1. The molecule has 0 spiro atoms. The first-order valence-electron chi connectivity index (χ1n) is 7.14. The van der Waals surface area contributed by atoms with Gasteiger partial charge in [0.2, 0.25) is 11.8 Å². The molecule has 1 fully saturated rings. The number of carbonyl (C=O) groups excluding carboxylic acids is 3. The van der Waals surface area contributed by atoms with Crippen molar-refractivity contribution in [3.63, 3.8) is 0 Å². The average molecular weight is 329 g/mol. The summed E-state index contributed by atoms with van der Waals surface area (Å²) in [4.78, 5) is 37.2. The molecule has 1 heterocycles. The van der Waals surface area contributed by atoms with Gasteiger partial charge in [-0.2, -0.15) is 0 Å². The summed E-state index contributed by atoms with van der Waals surface area (Å²) in [5, 5.41) is 0. The molecule has 0 saturated carbocycles. The number of esters is 1. The summed E-state index contributed by atoms with van der Waals surface area (Å²) in [6.45, 7) is 5.21. The lowest BCUT2D eigenvalue weighted by molar-refractivity contribution is -0.164. The second-order valence-electron chi connectivity index (χ2n) is 5.04. The maximum Gasteiger partial charge on any atom is 0.303 e. The summed E-state index contributed by atoms with van der Waals surface area (Å²) < 4.78 is 10.6. The molecule has 1 saturated heterocycles. The third-order valence-corrected chi connectivity index (χ3v) is 4.46. The molecule has 1 aliphatic rings. The third kappa shape index (κ3) is 4.58. The summed E-state index contributed by atoms with van der Waals surface area (Å²) in [5.74, 6) is -1.61. The summed E-state index contributed by atoms with van der Waals surface area (Å²) in [7, 11) is 1.51. The van der Waals surface area contributed by atoms with E-state index < -0.39 is 23.4 Å². The van der Waals surface area contributed by atoms with Gasteiger partial charge in [-0.15, -0.1) is 18.3 Å². The molecule has 6 nitrogen and oxygen atoms in total. The molecule has 22 heavy (non-hydrogen) atoms. The molecule has 3 atom stereocenters. The number of nitrogens with zero attached hydrogens (tertiary/aromatic N) is 1. The molecule has 3 unspecified atom stereocenters. The van der Waals surface area contributed by atoms with Gasteiger partial charge < -0.3 is 9.47 Å². The van der Waals surface area contributed by atoms with E-state index in [2.05, 4.69) is 6.58 Å². The predicted octanol–water partition coefficient (Wildman–Crippen LogP) is 1.59. The number of amides is 2. The molecular formula is C15H23NO5S. The van der Waals surface area contributed by atoms with E-state index in [-0.39, 0.29) is 18.2 Å². The summed E-state index contributed by atoms with van der Waals surface area (Å²) in [5.41, 5.74) is -0.452. The van der Waals surface area contributed by atoms with E-state index in [1.807, 2.05) is 6.26 Å². The second-order valence-corrected chi connectivity index (χ2v) is 5.97. The molecular weight excluding hydrogens is 306 g/mol. The fraction of sp³-hybridized carbons (Fsp3) is 0.667. The van der Waals surface area contributed by atoms with Crippen molar-refractivity contribution in [3.05, 3.63) is 12.7 Å². The Hall–Kier alpha value is -1.34. The quantitative estimate of drug-likeness (QED) is 0.401. The monoisotopic (exact) mass is 329 g/mol. The number of thioether (sulfide) groups is 1. The van der Waals surface area contributed by atoms with E-state index in [0.29, 0.717) is 19.4 Å². The largest absolute Gasteiger partial charge is 0.458 e. The van der Waals surface area contributed by atoms with Crippen LogP contribution in [0.15, 0.2) is 12.7 Å². The molecule has 0 aliphatic carbocycles. The van der Waals surface area contributed by atoms with Crippen LogP contribution in [0.25, 0.3) is 0 Å². The van der Waals surface area contributed by atoms with E-state index in [4.69, 9.17) is 9.47 Å². The molecule has 0 N–H and O–H groups in total. The molecule has 0 aromatic heterocycles. The zero-order valence-electron chi connectivity index (χ0n) is 13.2. The van der Waals surface area contributed by atoms with Gasteiger partial charge in [0.25, 0.3) is 0 Å². The van der Waals surface area contributed by atoms with Gasteiger partial charge in [-0.05, 0) is 19.1 Å². The van der Waals surface area contributed by atoms with Crippen LogP contribution in [-0.2, 0) is 23.9 Å². The Balaban J connectivity index is 2.97. The van der Waals surface area contributed by atoms with Gasteiger partial charge in [0.1, 0.15) is 11.5 Å². The van der Waals surface area contributed by atoms with E-state index in [0.717, 1.165) is 0 Å². The van der Waals surface area contributed by atoms with E-state index >= 15 is 0 Å². The number of hydrogen-bond acceptors (Lipinski definition) is 6. The number of carbonyl (C=O) groups is 3. The van der Waals surface area contributed by atoms with Crippen molar-refractivity contribution in [2.24, 2.45) is 5.92 Å². The van der Waals surface area contributed by atoms with Crippen LogP contribution in [0.4, 0.5) is 0 Å². The van der Waals surface area contributed by atoms with Crippen molar-refractivity contribution >= 4 is 29.5 Å². The Bertz CT molecular complexity index is 436. The number of rotatable bonds is 7. The molecule has 0 bridgehead atoms. The summed E-state index contributed by atoms with van der Waals surface area (Å²) in [6, 6.07) is 0. The molecule has 0 radical (unpaired) electrons. The average Bonchev–Trinajstić information content (AvgIpc) is 2.47. The zero-order valence-corrected chi connectivity index (χ0v) is 14.1. The van der Waals surface area contributed by atoms with Crippen LogP contribution in [-0.4, -0.2) is 54.1 Å². The molecule has 2 amide bonds. The topological polar surface area (TPSA) is 72.9 Å². The normalized spacial score (nSPS) is 21.1. The van der Waals surface area contributed by atoms with Gasteiger partial charge in [-0.3, -0.25) is 19.3 Å². The van der Waals surface area contributed by atoms with Crippen molar-refractivity contribution < 1.29 is 23.9 Å². The van der Waals surface area contributed by atoms with Crippen LogP contribution in [0.1, 0.15) is 26.2 Å². The number of imide groups is 1. The molecule has 7 heteroatoms. The lowest BCUT2D eigenvalue weighted by atomic mass is 9.91. The SMILES string of the molecule is C=CCC(=O)N1CCCC(C(OC(C)=O)C(OC)SC)C1=O. The maximum absolute atomic E-state index is 12.6. The lowest BCUT2D eigenvalue weighted by Gasteiger charge is -2.36. The van der Waals surface area contributed by atoms with Crippen LogP contribution in [0.2, 0.25) is 0 Å². The Morgan fingerprint density at radius 2 is 2.23 bits per heavy atom. The van der Waals surface area contributed by atoms with Gasteiger partial charge in [-0.1, -0.05) is 6.08 Å². The third-order valence-electron chi connectivity index (χ3n) is 3.53. The van der Waals surface area contributed by atoms with Crippen molar-refractivity contribution in [2.75, 3.05) is 19.9 Å². The molecule has 1 aliphatic heterocycles. The van der Waals surface area contributed by atoms with E-state index in [9.17, 15) is 14.4 Å². The Morgan fingerprint density at radius 1 is 1.55 bits per heavy atom. The van der Waals surface area contributed by atoms with Gasteiger partial charge in [-0.25, -0.2) is 0 Å². The Morgan fingerprint density at radius 3 is 2.73 bits per heavy atom. The van der Waals surface area contributed by atoms with Crippen LogP contribution >= 0.6 is 11.8 Å². The minimum Gasteiger partial charge on any atom is -0.458 e. The fourth-order valence-electron chi connectivity index (χ4n) is 2.57. The fourth-order valence-corrected chi connectivity index (χ4v) is 3.28. The maximum atomic E-state index is 12.6. The number of ether oxygens (including phenoxy) is 2. The lowest BCUT2D eigenvalue weighted by Crippen LogP contribution is -2.51. The molecule has 0 aromatic carbocycles. The zero-order chi connectivity index (χ0) is 16.7. The molecule has 0 aromatic rings. The van der Waals surface area contributed by atoms with E-state index in [1.54, 1.807) is 0 Å². The number of hydrogen-bond donors (Lipinski definition) is 0.